The minimum absolute atomic E-state index is 0.855. The van der Waals surface area contributed by atoms with Crippen molar-refractivity contribution in [3.8, 4) is 28.1 Å². The molecule has 2 heterocycles. The molecule has 0 saturated carbocycles. The molecule has 0 unspecified atom stereocenters. The zero-order valence-corrected chi connectivity index (χ0v) is 17.6. The summed E-state index contributed by atoms with van der Waals surface area (Å²) in [4.78, 5) is 9.26. The summed E-state index contributed by atoms with van der Waals surface area (Å²) in [5, 5.41) is 5.88. The Kier molecular flexibility index (Phi) is 4.32. The molecule has 0 radical (unpaired) electrons. The van der Waals surface area contributed by atoms with Crippen LogP contribution in [0, 0.1) is 0 Å². The zero-order chi connectivity index (χ0) is 21.5. The molecule has 4 aromatic carbocycles. The van der Waals surface area contributed by atoms with Gasteiger partial charge in [-0.25, -0.2) is 0 Å². The molecule has 0 amide bonds. The fourth-order valence-electron chi connectivity index (χ4n) is 4.58. The molecule has 0 aliphatic carbocycles. The Labute approximate surface area is 186 Å². The summed E-state index contributed by atoms with van der Waals surface area (Å²) in [5.41, 5.74) is 5.41. The van der Waals surface area contributed by atoms with E-state index in [-0.39, 0.29) is 0 Å². The maximum Gasteiger partial charge on any atom is 0.118 e. The molecule has 0 spiro atoms. The van der Waals surface area contributed by atoms with Gasteiger partial charge in [-0.1, -0.05) is 66.7 Å². The van der Waals surface area contributed by atoms with Crippen LogP contribution in [0.3, 0.4) is 0 Å². The number of nitrogens with zero attached hydrogens (tertiary/aromatic N) is 2. The molecule has 6 rings (SSSR count). The standard InChI is InChI=1S/C29H20N2O/c1-32-21-14-12-19(13-15-21)28-22-8-2-4-10-24(22)29(25-11-5-3-9-23(25)28)26-17-20-7-6-16-30-27(20)18-31-26/h2-18H,1H3. The van der Waals surface area contributed by atoms with E-state index in [4.69, 9.17) is 9.72 Å². The number of methoxy groups -OCH3 is 1. The minimum atomic E-state index is 0.855. The van der Waals surface area contributed by atoms with Crippen LogP contribution >= 0.6 is 0 Å². The Bertz CT molecular complexity index is 1550. The number of benzene rings is 4. The van der Waals surface area contributed by atoms with Gasteiger partial charge < -0.3 is 4.74 Å². The third-order valence-corrected chi connectivity index (χ3v) is 6.06. The Hall–Kier alpha value is -4.24. The fraction of sp³-hybridized carbons (Fsp3) is 0.0345. The van der Waals surface area contributed by atoms with E-state index in [0.717, 1.165) is 27.9 Å². The van der Waals surface area contributed by atoms with E-state index in [1.807, 2.05) is 24.4 Å². The number of fused-ring (bicyclic) bond motifs is 3. The number of aromatic nitrogens is 2. The second kappa shape index (κ2) is 7.47. The minimum Gasteiger partial charge on any atom is -0.497 e. The lowest BCUT2D eigenvalue weighted by Crippen LogP contribution is -1.93. The average Bonchev–Trinajstić information content (AvgIpc) is 2.87. The summed E-state index contributed by atoms with van der Waals surface area (Å²) in [5.74, 6) is 0.855. The highest BCUT2D eigenvalue weighted by atomic mass is 16.5. The highest BCUT2D eigenvalue weighted by Crippen LogP contribution is 2.43. The van der Waals surface area contributed by atoms with Crippen LogP contribution in [0.25, 0.3) is 54.8 Å². The highest BCUT2D eigenvalue weighted by molar-refractivity contribution is 6.21. The van der Waals surface area contributed by atoms with Crippen molar-refractivity contribution < 1.29 is 4.74 Å². The first kappa shape index (κ1) is 18.5. The molecule has 3 heteroatoms. The van der Waals surface area contributed by atoms with E-state index in [1.165, 1.54) is 32.7 Å². The lowest BCUT2D eigenvalue weighted by Gasteiger charge is -2.17. The zero-order valence-electron chi connectivity index (χ0n) is 17.6. The van der Waals surface area contributed by atoms with Gasteiger partial charge in [0.15, 0.2) is 0 Å². The third-order valence-electron chi connectivity index (χ3n) is 6.06. The molecule has 0 bridgehead atoms. The Balaban J connectivity index is 1.73. The summed E-state index contributed by atoms with van der Waals surface area (Å²) < 4.78 is 5.38. The predicted molar refractivity (Wildman–Crippen MR) is 132 cm³/mol. The molecule has 3 nitrogen and oxygen atoms in total. The van der Waals surface area contributed by atoms with E-state index < -0.39 is 0 Å². The average molecular weight is 412 g/mol. The summed E-state index contributed by atoms with van der Waals surface area (Å²) in [6.45, 7) is 0. The lowest BCUT2D eigenvalue weighted by molar-refractivity contribution is 0.415. The van der Waals surface area contributed by atoms with Crippen LogP contribution in [0.15, 0.2) is 103 Å². The SMILES string of the molecule is COc1ccc(-c2c3ccccc3c(-c3cc4cccnc4cn3)c3ccccc23)cc1. The van der Waals surface area contributed by atoms with Crippen molar-refractivity contribution in [2.75, 3.05) is 7.11 Å². The number of hydrogen-bond donors (Lipinski definition) is 0. The van der Waals surface area contributed by atoms with E-state index >= 15 is 0 Å². The first-order valence-corrected chi connectivity index (χ1v) is 10.6. The number of pyridine rings is 2. The number of rotatable bonds is 3. The van der Waals surface area contributed by atoms with Gasteiger partial charge in [-0.15, -0.1) is 0 Å². The van der Waals surface area contributed by atoms with Gasteiger partial charge in [0.2, 0.25) is 0 Å². The molecule has 2 aromatic heterocycles. The van der Waals surface area contributed by atoms with E-state index in [0.29, 0.717) is 0 Å². The van der Waals surface area contributed by atoms with Gasteiger partial charge in [0.1, 0.15) is 5.75 Å². The monoisotopic (exact) mass is 412 g/mol. The van der Waals surface area contributed by atoms with Gasteiger partial charge in [-0.2, -0.15) is 0 Å². The molecule has 0 fully saturated rings. The van der Waals surface area contributed by atoms with Gasteiger partial charge in [0.05, 0.1) is 24.5 Å². The van der Waals surface area contributed by atoms with Crippen molar-refractivity contribution in [1.29, 1.82) is 0 Å². The van der Waals surface area contributed by atoms with Gasteiger partial charge in [0.25, 0.3) is 0 Å². The molecule has 32 heavy (non-hydrogen) atoms. The quantitative estimate of drug-likeness (QED) is 0.287. The normalized spacial score (nSPS) is 11.3. The topological polar surface area (TPSA) is 35.0 Å². The lowest BCUT2D eigenvalue weighted by atomic mass is 9.87. The molecular formula is C29H20N2O. The number of ether oxygens (including phenoxy) is 1. The van der Waals surface area contributed by atoms with Crippen LogP contribution in [0.1, 0.15) is 0 Å². The first-order chi connectivity index (χ1) is 15.8. The second-order valence-electron chi connectivity index (χ2n) is 7.84. The summed E-state index contributed by atoms with van der Waals surface area (Å²) in [7, 11) is 1.70. The van der Waals surface area contributed by atoms with Crippen molar-refractivity contribution in [3.05, 3.63) is 103 Å². The van der Waals surface area contributed by atoms with Gasteiger partial charge in [0, 0.05) is 17.1 Å². The van der Waals surface area contributed by atoms with E-state index in [9.17, 15) is 0 Å². The van der Waals surface area contributed by atoms with Gasteiger partial charge in [-0.05, 0) is 56.9 Å². The van der Waals surface area contributed by atoms with Crippen molar-refractivity contribution in [2.24, 2.45) is 0 Å². The summed E-state index contributed by atoms with van der Waals surface area (Å²) in [6.07, 6.45) is 3.67. The molecule has 0 atom stereocenters. The van der Waals surface area contributed by atoms with Crippen LogP contribution < -0.4 is 4.74 Å². The third kappa shape index (κ3) is 2.90. The van der Waals surface area contributed by atoms with Crippen LogP contribution in [0.4, 0.5) is 0 Å². The number of hydrogen-bond acceptors (Lipinski definition) is 3. The fourth-order valence-corrected chi connectivity index (χ4v) is 4.58. The van der Waals surface area contributed by atoms with E-state index in [2.05, 4.69) is 77.8 Å². The Morgan fingerprint density at radius 2 is 1.25 bits per heavy atom. The largest absolute Gasteiger partial charge is 0.497 e. The molecular weight excluding hydrogens is 392 g/mol. The molecule has 0 saturated heterocycles. The Morgan fingerprint density at radius 1 is 0.625 bits per heavy atom. The Morgan fingerprint density at radius 3 is 1.88 bits per heavy atom. The second-order valence-corrected chi connectivity index (χ2v) is 7.84. The van der Waals surface area contributed by atoms with Gasteiger partial charge >= 0.3 is 0 Å². The van der Waals surface area contributed by atoms with Crippen LogP contribution in [-0.2, 0) is 0 Å². The van der Waals surface area contributed by atoms with Crippen LogP contribution in [0.2, 0.25) is 0 Å². The van der Waals surface area contributed by atoms with Crippen LogP contribution in [0.5, 0.6) is 5.75 Å². The summed E-state index contributed by atoms with van der Waals surface area (Å²) >= 11 is 0. The first-order valence-electron chi connectivity index (χ1n) is 10.6. The van der Waals surface area contributed by atoms with Crippen molar-refractivity contribution in [2.45, 2.75) is 0 Å². The molecule has 152 valence electrons. The maximum atomic E-state index is 5.38. The predicted octanol–water partition coefficient (Wildman–Crippen LogP) is 7.28. The summed E-state index contributed by atoms with van der Waals surface area (Å²) in [6, 6.07) is 31.7. The molecule has 0 aliphatic rings. The van der Waals surface area contributed by atoms with Crippen LogP contribution in [-0.4, -0.2) is 17.1 Å². The van der Waals surface area contributed by atoms with Gasteiger partial charge in [-0.3, -0.25) is 9.97 Å². The molecule has 6 aromatic rings. The highest BCUT2D eigenvalue weighted by Gasteiger charge is 2.17. The van der Waals surface area contributed by atoms with Crippen molar-refractivity contribution in [3.63, 3.8) is 0 Å². The smallest absolute Gasteiger partial charge is 0.118 e. The maximum absolute atomic E-state index is 5.38. The van der Waals surface area contributed by atoms with Crippen molar-refractivity contribution >= 4 is 32.4 Å². The van der Waals surface area contributed by atoms with E-state index in [1.54, 1.807) is 13.3 Å². The molecule has 0 aliphatic heterocycles. The molecule has 0 N–H and O–H groups in total. The van der Waals surface area contributed by atoms with Crippen molar-refractivity contribution in [1.82, 2.24) is 9.97 Å².